The lowest BCUT2D eigenvalue weighted by atomic mass is 10.1. The van der Waals surface area contributed by atoms with Gasteiger partial charge in [-0.05, 0) is 50.2 Å². The summed E-state index contributed by atoms with van der Waals surface area (Å²) >= 11 is 0. The predicted molar refractivity (Wildman–Crippen MR) is 96.2 cm³/mol. The van der Waals surface area contributed by atoms with Crippen molar-refractivity contribution in [3.8, 4) is 17.2 Å². The van der Waals surface area contributed by atoms with Crippen molar-refractivity contribution < 1.29 is 19.7 Å². The molecule has 7 heteroatoms. The van der Waals surface area contributed by atoms with Crippen molar-refractivity contribution in [2.24, 2.45) is 5.10 Å². The minimum Gasteiger partial charge on any atom is -0.508 e. The monoisotopic (exact) mass is 343 g/mol. The van der Waals surface area contributed by atoms with E-state index in [9.17, 15) is 15.0 Å². The van der Waals surface area contributed by atoms with Crippen molar-refractivity contribution >= 4 is 17.3 Å². The van der Waals surface area contributed by atoms with Gasteiger partial charge in [0.05, 0.1) is 18.9 Å². The van der Waals surface area contributed by atoms with Gasteiger partial charge in [0.1, 0.15) is 17.2 Å². The van der Waals surface area contributed by atoms with Crippen LogP contribution in [0.2, 0.25) is 0 Å². The van der Waals surface area contributed by atoms with E-state index in [1.165, 1.54) is 18.2 Å². The third-order valence-corrected chi connectivity index (χ3v) is 3.34. The molecule has 0 saturated heterocycles. The number of phenolic OH excluding ortho intramolecular Hbond substituents is 2. The molecule has 0 aliphatic carbocycles. The molecule has 0 aromatic heterocycles. The fourth-order valence-electron chi connectivity index (χ4n) is 2.09. The van der Waals surface area contributed by atoms with Gasteiger partial charge in [0.15, 0.2) is 0 Å². The van der Waals surface area contributed by atoms with Gasteiger partial charge in [0, 0.05) is 17.3 Å². The van der Waals surface area contributed by atoms with E-state index < -0.39 is 0 Å². The lowest BCUT2D eigenvalue weighted by Crippen LogP contribution is -2.26. The highest BCUT2D eigenvalue weighted by atomic mass is 16.5. The summed E-state index contributed by atoms with van der Waals surface area (Å²) in [6.45, 7) is 4.21. The Morgan fingerprint density at radius 2 is 1.88 bits per heavy atom. The highest BCUT2D eigenvalue weighted by Gasteiger charge is 2.07. The number of nitrogens with one attached hydrogen (secondary N) is 2. The number of hydrogen-bond donors (Lipinski definition) is 4. The van der Waals surface area contributed by atoms with E-state index in [0.717, 1.165) is 11.4 Å². The maximum Gasteiger partial charge on any atom is 0.259 e. The molecular formula is C18H21N3O4. The van der Waals surface area contributed by atoms with E-state index in [4.69, 9.17) is 4.74 Å². The first-order valence-corrected chi connectivity index (χ1v) is 7.81. The summed E-state index contributed by atoms with van der Waals surface area (Å²) in [5, 5.41) is 26.0. The van der Waals surface area contributed by atoms with Crippen LogP contribution in [0.5, 0.6) is 17.2 Å². The van der Waals surface area contributed by atoms with Crippen LogP contribution < -0.4 is 15.5 Å². The molecule has 0 aliphatic heterocycles. The van der Waals surface area contributed by atoms with Gasteiger partial charge in [-0.15, -0.1) is 0 Å². The predicted octanol–water partition coefficient (Wildman–Crippen LogP) is 2.45. The summed E-state index contributed by atoms with van der Waals surface area (Å²) in [6, 6.07) is 11.4. The number of ether oxygens (including phenoxy) is 1. The molecule has 0 heterocycles. The zero-order valence-corrected chi connectivity index (χ0v) is 14.1. The van der Waals surface area contributed by atoms with Gasteiger partial charge in [0.2, 0.25) is 0 Å². The molecule has 1 amide bonds. The summed E-state index contributed by atoms with van der Waals surface area (Å²) in [5.41, 5.74) is 4.05. The molecule has 0 atom stereocenters. The molecule has 2 rings (SSSR count). The van der Waals surface area contributed by atoms with Gasteiger partial charge in [-0.25, -0.2) is 5.43 Å². The largest absolute Gasteiger partial charge is 0.508 e. The van der Waals surface area contributed by atoms with Crippen molar-refractivity contribution in [3.63, 3.8) is 0 Å². The average Bonchev–Trinajstić information content (AvgIpc) is 2.59. The first kappa shape index (κ1) is 18.1. The van der Waals surface area contributed by atoms with Crippen LogP contribution in [-0.2, 0) is 4.79 Å². The molecule has 0 aliphatic rings. The number of carbonyl (C=O) groups is 1. The number of hydrazone groups is 1. The van der Waals surface area contributed by atoms with Crippen molar-refractivity contribution in [2.45, 2.75) is 13.8 Å². The molecule has 2 aromatic carbocycles. The van der Waals surface area contributed by atoms with E-state index in [1.807, 2.05) is 31.2 Å². The molecule has 0 bridgehead atoms. The molecule has 0 spiro atoms. The van der Waals surface area contributed by atoms with E-state index in [2.05, 4.69) is 15.8 Å². The molecule has 132 valence electrons. The summed E-state index contributed by atoms with van der Waals surface area (Å²) in [4.78, 5) is 11.9. The number of aromatic hydroxyl groups is 2. The van der Waals surface area contributed by atoms with Crippen LogP contribution in [0.1, 0.15) is 19.4 Å². The Morgan fingerprint density at radius 3 is 2.52 bits per heavy atom. The Kier molecular flexibility index (Phi) is 6.22. The molecule has 0 saturated carbocycles. The van der Waals surface area contributed by atoms with E-state index >= 15 is 0 Å². The van der Waals surface area contributed by atoms with Gasteiger partial charge < -0.3 is 20.3 Å². The fourth-order valence-corrected chi connectivity index (χ4v) is 2.09. The number of anilines is 1. The first-order chi connectivity index (χ1) is 12.0. The highest BCUT2D eigenvalue weighted by molar-refractivity contribution is 6.01. The Balaban J connectivity index is 1.87. The minimum atomic E-state index is -0.327. The Morgan fingerprint density at radius 1 is 1.16 bits per heavy atom. The maximum absolute atomic E-state index is 11.9. The van der Waals surface area contributed by atoms with Crippen LogP contribution in [0.25, 0.3) is 0 Å². The van der Waals surface area contributed by atoms with Crippen LogP contribution in [0.3, 0.4) is 0 Å². The molecule has 4 N–H and O–H groups in total. The Bertz CT molecular complexity index is 757. The van der Waals surface area contributed by atoms with Crippen molar-refractivity contribution in [2.75, 3.05) is 18.5 Å². The molecular weight excluding hydrogens is 322 g/mol. The first-order valence-electron chi connectivity index (χ1n) is 7.81. The number of hydrogen-bond acceptors (Lipinski definition) is 6. The normalized spacial score (nSPS) is 11.0. The number of benzene rings is 2. The summed E-state index contributed by atoms with van der Waals surface area (Å²) in [7, 11) is 0. The second-order valence-electron chi connectivity index (χ2n) is 5.24. The standard InChI is InChI=1S/C18H21N3O4/c1-3-25-15-7-4-13(5-8-15)19-11-18(24)21-20-12(2)16-9-6-14(22)10-17(16)23/h4-10,19,22-23H,3,11H2,1-2H3,(H,21,24)/b20-12-. The van der Waals surface area contributed by atoms with Crippen LogP contribution in [0.15, 0.2) is 47.6 Å². The molecule has 25 heavy (non-hydrogen) atoms. The second kappa shape index (κ2) is 8.58. The number of carbonyl (C=O) groups excluding carboxylic acids is 1. The minimum absolute atomic E-state index is 0.0439. The van der Waals surface area contributed by atoms with E-state index in [1.54, 1.807) is 6.92 Å². The number of amides is 1. The maximum atomic E-state index is 11.9. The molecule has 2 aromatic rings. The number of phenols is 2. The average molecular weight is 343 g/mol. The highest BCUT2D eigenvalue weighted by Crippen LogP contribution is 2.22. The van der Waals surface area contributed by atoms with Gasteiger partial charge >= 0.3 is 0 Å². The van der Waals surface area contributed by atoms with Gasteiger partial charge in [-0.1, -0.05) is 0 Å². The van der Waals surface area contributed by atoms with Gasteiger partial charge in [0.25, 0.3) is 5.91 Å². The van der Waals surface area contributed by atoms with Gasteiger partial charge in [-0.2, -0.15) is 5.10 Å². The van der Waals surface area contributed by atoms with Gasteiger partial charge in [-0.3, -0.25) is 4.79 Å². The quantitative estimate of drug-likeness (QED) is 0.457. The zero-order valence-electron chi connectivity index (χ0n) is 14.1. The third kappa shape index (κ3) is 5.42. The summed E-state index contributed by atoms with van der Waals surface area (Å²) in [5.74, 6) is 0.290. The van der Waals surface area contributed by atoms with Crippen LogP contribution in [0, 0.1) is 0 Å². The molecule has 0 unspecified atom stereocenters. The Hall–Kier alpha value is -3.22. The van der Waals surface area contributed by atoms with Crippen LogP contribution in [-0.4, -0.2) is 35.0 Å². The molecule has 7 nitrogen and oxygen atoms in total. The van der Waals surface area contributed by atoms with Crippen molar-refractivity contribution in [1.82, 2.24) is 5.43 Å². The van der Waals surface area contributed by atoms with Crippen LogP contribution in [0.4, 0.5) is 5.69 Å². The fraction of sp³-hybridized carbons (Fsp3) is 0.222. The van der Waals surface area contributed by atoms with Crippen molar-refractivity contribution in [3.05, 3.63) is 48.0 Å². The Labute approximate surface area is 146 Å². The van der Waals surface area contributed by atoms with E-state index in [0.29, 0.717) is 17.9 Å². The second-order valence-corrected chi connectivity index (χ2v) is 5.24. The SMILES string of the molecule is CCOc1ccc(NCC(=O)N/N=C(/C)c2ccc(O)cc2O)cc1. The number of rotatable bonds is 7. The lowest BCUT2D eigenvalue weighted by Gasteiger charge is -2.08. The topological polar surface area (TPSA) is 103 Å². The van der Waals surface area contributed by atoms with E-state index in [-0.39, 0.29) is 24.0 Å². The molecule has 0 radical (unpaired) electrons. The summed E-state index contributed by atoms with van der Waals surface area (Å²) < 4.78 is 5.35. The zero-order chi connectivity index (χ0) is 18.2. The summed E-state index contributed by atoms with van der Waals surface area (Å²) in [6.07, 6.45) is 0. The lowest BCUT2D eigenvalue weighted by molar-refractivity contribution is -0.119. The number of nitrogens with zero attached hydrogens (tertiary/aromatic N) is 1. The third-order valence-electron chi connectivity index (χ3n) is 3.34. The van der Waals surface area contributed by atoms with Crippen molar-refractivity contribution in [1.29, 1.82) is 0 Å². The smallest absolute Gasteiger partial charge is 0.259 e. The molecule has 0 fully saturated rings. The van der Waals surface area contributed by atoms with Crippen LogP contribution >= 0.6 is 0 Å².